The van der Waals surface area contributed by atoms with Crippen LogP contribution in [0.4, 0.5) is 0 Å². The molecular formula is C27H34O4S. The molecule has 4 fully saturated rings. The summed E-state index contributed by atoms with van der Waals surface area (Å²) in [7, 11) is 0. The average molecular weight is 455 g/mol. The molecule has 0 aromatic heterocycles. The van der Waals surface area contributed by atoms with Gasteiger partial charge in [-0.3, -0.25) is 4.79 Å². The lowest BCUT2D eigenvalue weighted by molar-refractivity contribution is -0.208. The van der Waals surface area contributed by atoms with Gasteiger partial charge in [0, 0.05) is 35.5 Å². The molecule has 3 saturated carbocycles. The first kappa shape index (κ1) is 21.4. The van der Waals surface area contributed by atoms with Crippen molar-refractivity contribution in [3.8, 4) is 0 Å². The van der Waals surface area contributed by atoms with Gasteiger partial charge in [0.25, 0.3) is 0 Å². The first-order chi connectivity index (χ1) is 15.4. The van der Waals surface area contributed by atoms with Crippen LogP contribution in [0.5, 0.6) is 0 Å². The fourth-order valence-corrected chi connectivity index (χ4v) is 8.33. The molecule has 4 aliphatic carbocycles. The number of hydrogen-bond donors (Lipinski definition) is 1. The standard InChI is InChI=1S/C27H34O4S/c1-25-15-20(17-3-5-18(32-2)6-4-17)24-19(21(25)7-8-23(25)28)9-11-26(29)16-27(12-10-22(24)26)30-13-14-31-27/h3-6,19-21,29H,7-16H2,1-2H3/t19?,20?,21?,25-,26+/m0/s1. The van der Waals surface area contributed by atoms with Crippen LogP contribution in [0, 0.1) is 17.3 Å². The maximum Gasteiger partial charge on any atom is 0.171 e. The Labute approximate surface area is 195 Å². The molecule has 0 bridgehead atoms. The van der Waals surface area contributed by atoms with Gasteiger partial charge in [0.05, 0.1) is 18.8 Å². The molecule has 5 atom stereocenters. The minimum atomic E-state index is -0.845. The van der Waals surface area contributed by atoms with E-state index < -0.39 is 11.4 Å². The lowest BCUT2D eigenvalue weighted by Crippen LogP contribution is -2.53. The summed E-state index contributed by atoms with van der Waals surface area (Å²) in [5, 5.41) is 12.0. The largest absolute Gasteiger partial charge is 0.385 e. The van der Waals surface area contributed by atoms with Crippen LogP contribution in [0.25, 0.3) is 0 Å². The normalized spacial score (nSPS) is 40.3. The second-order valence-electron chi connectivity index (χ2n) is 10.9. The van der Waals surface area contributed by atoms with E-state index in [1.807, 2.05) is 0 Å². The smallest absolute Gasteiger partial charge is 0.171 e. The third-order valence-corrected chi connectivity index (χ3v) is 10.2. The average Bonchev–Trinajstić information content (AvgIpc) is 3.36. The summed E-state index contributed by atoms with van der Waals surface area (Å²) in [5.74, 6) is 0.876. The van der Waals surface area contributed by atoms with Crippen LogP contribution in [0.1, 0.15) is 69.8 Å². The molecule has 1 aromatic rings. The van der Waals surface area contributed by atoms with Gasteiger partial charge in [-0.2, -0.15) is 0 Å². The molecule has 172 valence electrons. The van der Waals surface area contributed by atoms with E-state index in [0.717, 1.165) is 38.5 Å². The van der Waals surface area contributed by atoms with Crippen molar-refractivity contribution in [3.63, 3.8) is 0 Å². The highest BCUT2D eigenvalue weighted by Crippen LogP contribution is 2.64. The van der Waals surface area contributed by atoms with Crippen molar-refractivity contribution in [3.05, 3.63) is 41.0 Å². The number of rotatable bonds is 2. The highest BCUT2D eigenvalue weighted by Gasteiger charge is 2.60. The van der Waals surface area contributed by atoms with Crippen molar-refractivity contribution in [1.82, 2.24) is 0 Å². The molecule has 3 unspecified atom stereocenters. The summed E-state index contributed by atoms with van der Waals surface area (Å²) in [6, 6.07) is 8.92. The van der Waals surface area contributed by atoms with E-state index in [1.165, 1.54) is 21.6 Å². The fraction of sp³-hybridized carbons (Fsp3) is 0.667. The molecule has 0 radical (unpaired) electrons. The van der Waals surface area contributed by atoms with Gasteiger partial charge >= 0.3 is 0 Å². The van der Waals surface area contributed by atoms with Gasteiger partial charge in [-0.05, 0) is 73.5 Å². The number of carbonyl (C=O) groups excluding carboxylic acids is 1. The Morgan fingerprint density at radius 2 is 1.81 bits per heavy atom. The van der Waals surface area contributed by atoms with Crippen molar-refractivity contribution in [2.24, 2.45) is 17.3 Å². The van der Waals surface area contributed by atoms with Crippen LogP contribution in [0.15, 0.2) is 40.3 Å². The summed E-state index contributed by atoms with van der Waals surface area (Å²) < 4.78 is 12.0. The number of carbonyl (C=O) groups is 1. The van der Waals surface area contributed by atoms with Gasteiger partial charge in [0.15, 0.2) is 5.79 Å². The molecule has 1 aliphatic heterocycles. The zero-order valence-corrected chi connectivity index (χ0v) is 20.0. The lowest BCUT2D eigenvalue weighted by atomic mass is 9.51. The van der Waals surface area contributed by atoms with E-state index in [9.17, 15) is 9.90 Å². The summed E-state index contributed by atoms with van der Waals surface area (Å²) in [4.78, 5) is 14.4. The van der Waals surface area contributed by atoms with E-state index in [0.29, 0.717) is 43.7 Å². The number of benzene rings is 1. The van der Waals surface area contributed by atoms with Gasteiger partial charge in [-0.25, -0.2) is 0 Å². The van der Waals surface area contributed by atoms with Gasteiger partial charge in [0.2, 0.25) is 0 Å². The number of thioether (sulfide) groups is 1. The molecule has 5 heteroatoms. The molecule has 1 saturated heterocycles. The van der Waals surface area contributed by atoms with Crippen molar-refractivity contribution >= 4 is 17.5 Å². The number of hydrogen-bond acceptors (Lipinski definition) is 5. The highest BCUT2D eigenvalue weighted by atomic mass is 32.2. The molecule has 1 N–H and O–H groups in total. The van der Waals surface area contributed by atoms with Gasteiger partial charge in [-0.1, -0.05) is 24.6 Å². The van der Waals surface area contributed by atoms with Gasteiger partial charge < -0.3 is 14.6 Å². The van der Waals surface area contributed by atoms with E-state index in [-0.39, 0.29) is 11.3 Å². The number of ether oxygens (including phenoxy) is 2. The van der Waals surface area contributed by atoms with Crippen LogP contribution >= 0.6 is 11.8 Å². The summed E-state index contributed by atoms with van der Waals surface area (Å²) in [6.07, 6.45) is 8.60. The Morgan fingerprint density at radius 1 is 1.06 bits per heavy atom. The number of allylic oxidation sites excluding steroid dienone is 1. The monoisotopic (exact) mass is 454 g/mol. The Hall–Kier alpha value is -1.14. The zero-order valence-electron chi connectivity index (χ0n) is 19.2. The number of ketones is 1. The van der Waals surface area contributed by atoms with Crippen LogP contribution in [0.3, 0.4) is 0 Å². The predicted molar refractivity (Wildman–Crippen MR) is 125 cm³/mol. The van der Waals surface area contributed by atoms with Crippen molar-refractivity contribution in [1.29, 1.82) is 0 Å². The summed E-state index contributed by atoms with van der Waals surface area (Å²) in [5.41, 5.74) is 2.93. The molecule has 5 aliphatic rings. The maximum absolute atomic E-state index is 13.1. The maximum atomic E-state index is 13.1. The predicted octanol–water partition coefficient (Wildman–Crippen LogP) is 5.25. The Bertz CT molecular complexity index is 962. The molecule has 1 spiro atoms. The van der Waals surface area contributed by atoms with Crippen LogP contribution < -0.4 is 0 Å². The third-order valence-electron chi connectivity index (χ3n) is 9.46. The van der Waals surface area contributed by atoms with Crippen molar-refractivity contribution in [2.75, 3.05) is 19.5 Å². The molecule has 32 heavy (non-hydrogen) atoms. The molecular weight excluding hydrogens is 420 g/mol. The van der Waals surface area contributed by atoms with Crippen LogP contribution in [-0.2, 0) is 14.3 Å². The first-order valence-electron chi connectivity index (χ1n) is 12.3. The van der Waals surface area contributed by atoms with E-state index in [2.05, 4.69) is 37.4 Å². The van der Waals surface area contributed by atoms with E-state index in [1.54, 1.807) is 11.8 Å². The van der Waals surface area contributed by atoms with E-state index >= 15 is 0 Å². The minimum Gasteiger partial charge on any atom is -0.385 e. The Morgan fingerprint density at radius 3 is 2.53 bits per heavy atom. The summed E-state index contributed by atoms with van der Waals surface area (Å²) >= 11 is 1.76. The highest BCUT2D eigenvalue weighted by molar-refractivity contribution is 7.98. The zero-order chi connectivity index (χ0) is 22.1. The SMILES string of the molecule is CSc1ccc(C2C[C@]3(C)C(=O)CCC3C3CC[C@@]4(O)CC5(CCC4=C23)OCCO5)cc1. The van der Waals surface area contributed by atoms with Crippen LogP contribution in [0.2, 0.25) is 0 Å². The fourth-order valence-electron chi connectivity index (χ4n) is 7.92. The molecule has 4 nitrogen and oxygen atoms in total. The molecule has 6 rings (SSSR count). The lowest BCUT2D eigenvalue weighted by Gasteiger charge is -2.55. The number of aliphatic hydroxyl groups is 1. The number of Topliss-reactive ketones (excluding diaryl/α,β-unsaturated/α-hetero) is 1. The molecule has 1 aromatic carbocycles. The second-order valence-corrected chi connectivity index (χ2v) is 11.8. The van der Waals surface area contributed by atoms with Crippen molar-refractivity contribution in [2.45, 2.75) is 80.5 Å². The second kappa shape index (κ2) is 7.43. The summed E-state index contributed by atoms with van der Waals surface area (Å²) in [6.45, 7) is 3.48. The Balaban J connectivity index is 1.47. The van der Waals surface area contributed by atoms with Crippen LogP contribution in [-0.4, -0.2) is 41.7 Å². The van der Waals surface area contributed by atoms with Crippen molar-refractivity contribution < 1.29 is 19.4 Å². The first-order valence-corrected chi connectivity index (χ1v) is 13.5. The third kappa shape index (κ3) is 3.04. The Kier molecular flexibility index (Phi) is 4.97. The molecule has 1 heterocycles. The minimum absolute atomic E-state index is 0.209. The number of fused-ring (bicyclic) bond motifs is 4. The van der Waals surface area contributed by atoms with E-state index in [4.69, 9.17) is 9.47 Å². The molecule has 0 amide bonds. The quantitative estimate of drug-likeness (QED) is 0.489. The van der Waals surface area contributed by atoms with Gasteiger partial charge in [0.1, 0.15) is 5.78 Å². The topological polar surface area (TPSA) is 55.8 Å². The van der Waals surface area contributed by atoms with Gasteiger partial charge in [-0.15, -0.1) is 11.8 Å².